The van der Waals surface area contributed by atoms with Gasteiger partial charge >= 0.3 is 0 Å². The molecule has 1 atom stereocenters. The molecule has 23 heavy (non-hydrogen) atoms. The van der Waals surface area contributed by atoms with Crippen LogP contribution in [0.3, 0.4) is 0 Å². The van der Waals surface area contributed by atoms with E-state index in [0.717, 1.165) is 28.1 Å². The molecule has 0 bridgehead atoms. The van der Waals surface area contributed by atoms with Crippen molar-refractivity contribution >= 4 is 39.4 Å². The van der Waals surface area contributed by atoms with E-state index in [-0.39, 0.29) is 0 Å². The Balaban J connectivity index is 1.90. The lowest BCUT2D eigenvalue weighted by Crippen LogP contribution is -2.14. The highest BCUT2D eigenvalue weighted by Crippen LogP contribution is 2.51. The fourth-order valence-corrected chi connectivity index (χ4v) is 5.15. The number of para-hydroxylation sites is 1. The molecule has 4 nitrogen and oxygen atoms in total. The molecule has 0 fully saturated rings. The quantitative estimate of drug-likeness (QED) is 0.603. The Hall–Kier alpha value is -1.97. The van der Waals surface area contributed by atoms with Crippen molar-refractivity contribution < 1.29 is 4.52 Å². The van der Waals surface area contributed by atoms with Gasteiger partial charge in [-0.15, -0.1) is 0 Å². The number of aliphatic imine (C=N–C) groups is 1. The summed E-state index contributed by atoms with van der Waals surface area (Å²) in [5, 5.41) is 5.69. The highest BCUT2D eigenvalue weighted by atomic mass is 79.9. The minimum absolute atomic E-state index is 0.623. The van der Waals surface area contributed by atoms with E-state index >= 15 is 0 Å². The minimum Gasteiger partial charge on any atom is -0.439 e. The van der Waals surface area contributed by atoms with Crippen LogP contribution in [0.4, 0.5) is 5.82 Å². The summed E-state index contributed by atoms with van der Waals surface area (Å²) >= 11 is 3.67. The number of hydrogen-bond donors (Lipinski definition) is 0. The number of rotatable bonds is 2. The number of nitrogens with zero attached hydrogens (tertiary/aromatic N) is 3. The van der Waals surface area contributed by atoms with Crippen molar-refractivity contribution in [2.45, 2.75) is 6.92 Å². The third-order valence-electron chi connectivity index (χ3n) is 3.58. The Morgan fingerprint density at radius 2 is 1.65 bits per heavy atom. The smallest absolute Gasteiger partial charge is 0.226 e. The monoisotopic (exact) mass is 385 g/mol. The fourth-order valence-electron chi connectivity index (χ4n) is 2.50. The van der Waals surface area contributed by atoms with E-state index in [9.17, 15) is 0 Å². The van der Waals surface area contributed by atoms with Crippen molar-refractivity contribution in [2.75, 3.05) is 0 Å². The number of aryl methyl sites for hydroxylation is 1. The summed E-state index contributed by atoms with van der Waals surface area (Å²) < 4.78 is 7.89. The Labute approximate surface area is 143 Å². The van der Waals surface area contributed by atoms with Gasteiger partial charge in [-0.2, -0.15) is 10.1 Å². The average Bonchev–Trinajstić information content (AvgIpc) is 2.94. The topological polar surface area (TPSA) is 39.4 Å². The molecule has 1 aliphatic heterocycles. The Morgan fingerprint density at radius 3 is 2.35 bits per heavy atom. The van der Waals surface area contributed by atoms with E-state index in [0.29, 0.717) is 5.90 Å². The van der Waals surface area contributed by atoms with Crippen LogP contribution >= 0.6 is 22.3 Å². The lowest BCUT2D eigenvalue weighted by atomic mass is 10.2. The first-order chi connectivity index (χ1) is 11.2. The molecule has 1 unspecified atom stereocenters. The molecule has 0 saturated carbocycles. The second-order valence-electron chi connectivity index (χ2n) is 5.12. The second-order valence-corrected chi connectivity index (χ2v) is 8.18. The summed E-state index contributed by atoms with van der Waals surface area (Å²) in [6.45, 7) is 1.02. The van der Waals surface area contributed by atoms with Crippen molar-refractivity contribution in [3.63, 3.8) is 0 Å². The van der Waals surface area contributed by atoms with Crippen molar-refractivity contribution in [3.05, 3.63) is 71.9 Å². The van der Waals surface area contributed by atoms with Crippen LogP contribution in [0, 0.1) is 6.92 Å². The molecule has 114 valence electrons. The number of fused-ring (bicyclic) bond motifs is 1. The average molecular weight is 386 g/mol. The van der Waals surface area contributed by atoms with Gasteiger partial charge in [-0.3, -0.25) is 0 Å². The second kappa shape index (κ2) is 5.91. The molecule has 0 aliphatic carbocycles. The Morgan fingerprint density at radius 1 is 1.00 bits per heavy atom. The standard InChI is InChI=1S/C17H13BrN3OP/c1-12-15-16(21(20-12)14-10-6-3-7-11-14)19-17(22-23(15)18)13-8-4-2-5-9-13/h2-11H,1H3. The van der Waals surface area contributed by atoms with Gasteiger partial charge in [0, 0.05) is 5.56 Å². The highest BCUT2D eigenvalue weighted by Gasteiger charge is 2.30. The number of aromatic nitrogens is 2. The maximum Gasteiger partial charge on any atom is 0.226 e. The van der Waals surface area contributed by atoms with Gasteiger partial charge in [0.2, 0.25) is 5.90 Å². The van der Waals surface area contributed by atoms with Gasteiger partial charge in [0.1, 0.15) is 0 Å². The van der Waals surface area contributed by atoms with Crippen molar-refractivity contribution in [2.24, 2.45) is 4.99 Å². The highest BCUT2D eigenvalue weighted by molar-refractivity contribution is 9.39. The maximum absolute atomic E-state index is 6.01. The Kier molecular flexibility index (Phi) is 3.76. The van der Waals surface area contributed by atoms with E-state index in [2.05, 4.69) is 20.6 Å². The molecular weight excluding hydrogens is 373 g/mol. The van der Waals surface area contributed by atoms with Gasteiger partial charge in [-0.05, 0) is 46.7 Å². The van der Waals surface area contributed by atoms with Gasteiger partial charge in [-0.25, -0.2) is 4.68 Å². The molecule has 0 spiro atoms. The normalized spacial score (nSPS) is 16.4. The predicted molar refractivity (Wildman–Crippen MR) is 97.5 cm³/mol. The van der Waals surface area contributed by atoms with E-state index < -0.39 is 6.85 Å². The van der Waals surface area contributed by atoms with Crippen molar-refractivity contribution in [1.82, 2.24) is 9.78 Å². The van der Waals surface area contributed by atoms with Gasteiger partial charge in [-0.1, -0.05) is 36.4 Å². The summed E-state index contributed by atoms with van der Waals surface area (Å²) in [6.07, 6.45) is 0. The van der Waals surface area contributed by atoms with Gasteiger partial charge in [0.05, 0.1) is 16.7 Å². The summed E-state index contributed by atoms with van der Waals surface area (Å²) in [7, 11) is 0. The fraction of sp³-hybridized carbons (Fsp3) is 0.0588. The van der Waals surface area contributed by atoms with E-state index in [4.69, 9.17) is 9.52 Å². The third kappa shape index (κ3) is 2.60. The molecule has 2 heterocycles. The van der Waals surface area contributed by atoms with Crippen LogP contribution in [0.15, 0.2) is 65.7 Å². The van der Waals surface area contributed by atoms with Gasteiger partial charge in [0.15, 0.2) is 12.7 Å². The lowest BCUT2D eigenvalue weighted by Gasteiger charge is -2.19. The summed E-state index contributed by atoms with van der Waals surface area (Å²) in [5.74, 6) is 1.46. The molecule has 1 aromatic heterocycles. The van der Waals surface area contributed by atoms with Crippen LogP contribution in [0.5, 0.6) is 0 Å². The molecule has 6 heteroatoms. The summed E-state index contributed by atoms with van der Waals surface area (Å²) in [6, 6.07) is 20.0. The number of hydrogen-bond acceptors (Lipinski definition) is 3. The molecular formula is C17H13BrN3OP. The van der Waals surface area contributed by atoms with E-state index in [1.54, 1.807) is 0 Å². The van der Waals surface area contributed by atoms with Gasteiger partial charge < -0.3 is 4.52 Å². The van der Waals surface area contributed by atoms with Crippen LogP contribution < -0.4 is 5.30 Å². The van der Waals surface area contributed by atoms with Crippen LogP contribution in [0.1, 0.15) is 11.3 Å². The van der Waals surface area contributed by atoms with Gasteiger partial charge in [0.25, 0.3) is 0 Å². The summed E-state index contributed by atoms with van der Waals surface area (Å²) in [4.78, 5) is 4.74. The van der Waals surface area contributed by atoms with Crippen LogP contribution in [0.25, 0.3) is 5.69 Å². The van der Waals surface area contributed by atoms with Crippen LogP contribution in [-0.2, 0) is 4.52 Å². The largest absolute Gasteiger partial charge is 0.439 e. The molecule has 4 rings (SSSR count). The molecule has 0 amide bonds. The van der Waals surface area contributed by atoms with Crippen LogP contribution in [-0.4, -0.2) is 15.7 Å². The van der Waals surface area contributed by atoms with E-state index in [1.165, 1.54) is 0 Å². The first-order valence-electron chi connectivity index (χ1n) is 7.17. The van der Waals surface area contributed by atoms with E-state index in [1.807, 2.05) is 72.3 Å². The van der Waals surface area contributed by atoms with Crippen molar-refractivity contribution in [1.29, 1.82) is 0 Å². The molecule has 0 saturated heterocycles. The lowest BCUT2D eigenvalue weighted by molar-refractivity contribution is 0.630. The predicted octanol–water partition coefficient (Wildman–Crippen LogP) is 4.62. The zero-order valence-corrected chi connectivity index (χ0v) is 14.8. The molecule has 2 aromatic carbocycles. The summed E-state index contributed by atoms with van der Waals surface area (Å²) in [5.41, 5.74) is 2.89. The van der Waals surface area contributed by atoms with Crippen LogP contribution in [0.2, 0.25) is 0 Å². The Bertz CT molecular complexity index is 878. The minimum atomic E-state index is -0.962. The zero-order valence-electron chi connectivity index (χ0n) is 12.3. The van der Waals surface area contributed by atoms with Crippen molar-refractivity contribution in [3.8, 4) is 5.69 Å². The maximum atomic E-state index is 6.01. The molecule has 1 aliphatic rings. The molecule has 0 N–H and O–H groups in total. The zero-order chi connectivity index (χ0) is 15.8. The molecule has 0 radical (unpaired) electrons. The third-order valence-corrected chi connectivity index (χ3v) is 6.28. The number of halogens is 1. The first-order valence-corrected chi connectivity index (χ1v) is 10.4. The number of benzene rings is 2. The SMILES string of the molecule is Cc1nn(-c2ccccc2)c2c1P(Br)OC(c1ccccc1)=N2. The first kappa shape index (κ1) is 14.6. The molecule has 3 aromatic rings.